The van der Waals surface area contributed by atoms with Gasteiger partial charge in [0.05, 0.1) is 38.7 Å². The molecule has 0 unspecified atom stereocenters. The monoisotopic (exact) mass is 206 g/mol. The van der Waals surface area contributed by atoms with Gasteiger partial charge in [0.2, 0.25) is 0 Å². The standard InChI is InChI=1S/C8H5NO2.C3H9N/c9-5-6-2-1-3-7(4-6)8(10)11;1-4(2)3/h1-4H,(H,10,11);1-3H3. The Kier molecular flexibility index (Phi) is 5.76. The second-order valence-corrected chi connectivity index (χ2v) is 3.48. The van der Waals surface area contributed by atoms with E-state index in [4.69, 9.17) is 5.26 Å². The van der Waals surface area contributed by atoms with Crippen molar-refractivity contribution in [1.29, 1.82) is 5.26 Å². The van der Waals surface area contributed by atoms with Gasteiger partial charge in [0.1, 0.15) is 0 Å². The number of hydrogen-bond donors (Lipinski definition) is 1. The summed E-state index contributed by atoms with van der Waals surface area (Å²) in [5.41, 5.74) is 0.357. The Morgan fingerprint density at radius 2 is 1.93 bits per heavy atom. The number of carboxylic acid groups (broad SMARTS) is 1. The van der Waals surface area contributed by atoms with Gasteiger partial charge in [0, 0.05) is 0 Å². The first kappa shape index (κ1) is 13.1. The number of carbonyl (C=O) groups is 1. The number of carboxylic acids is 1. The summed E-state index contributed by atoms with van der Waals surface area (Å²) in [6.07, 6.45) is 0. The van der Waals surface area contributed by atoms with Crippen molar-refractivity contribution in [2.75, 3.05) is 21.1 Å². The lowest BCUT2D eigenvalue weighted by Crippen LogP contribution is -3.02. The molecule has 1 aromatic rings. The molecule has 0 aliphatic rings. The minimum absolute atomic E-state index is 0.0315. The Morgan fingerprint density at radius 3 is 2.33 bits per heavy atom. The first-order valence-electron chi connectivity index (χ1n) is 4.45. The topological polar surface area (TPSA) is 68.4 Å². The Bertz CT molecular complexity index is 364. The van der Waals surface area contributed by atoms with Gasteiger partial charge >= 0.3 is 0 Å². The normalized spacial score (nSPS) is 8.73. The van der Waals surface area contributed by atoms with Crippen molar-refractivity contribution in [3.05, 3.63) is 35.4 Å². The number of nitrogens with zero attached hydrogens (tertiary/aromatic N) is 1. The molecule has 0 saturated carbocycles. The zero-order valence-corrected chi connectivity index (χ0v) is 9.07. The number of rotatable bonds is 1. The van der Waals surface area contributed by atoms with Crippen molar-refractivity contribution in [2.45, 2.75) is 0 Å². The molecule has 0 atom stereocenters. The van der Waals surface area contributed by atoms with Crippen molar-refractivity contribution >= 4 is 5.97 Å². The van der Waals surface area contributed by atoms with Crippen LogP contribution in [-0.2, 0) is 0 Å². The summed E-state index contributed by atoms with van der Waals surface area (Å²) in [5.74, 6) is -1.26. The summed E-state index contributed by atoms with van der Waals surface area (Å²) in [6, 6.07) is 7.53. The van der Waals surface area contributed by atoms with E-state index in [2.05, 4.69) is 21.1 Å². The zero-order valence-electron chi connectivity index (χ0n) is 9.07. The smallest absolute Gasteiger partial charge is 0.0991 e. The van der Waals surface area contributed by atoms with Crippen LogP contribution < -0.4 is 10.0 Å². The number of quaternary nitrogens is 1. The van der Waals surface area contributed by atoms with Crippen molar-refractivity contribution in [3.63, 3.8) is 0 Å². The van der Waals surface area contributed by atoms with Crippen LogP contribution in [0, 0.1) is 11.3 Å². The molecule has 4 nitrogen and oxygen atoms in total. The summed E-state index contributed by atoms with van der Waals surface area (Å²) in [5, 5.41) is 18.6. The molecule has 0 bridgehead atoms. The number of aromatic carboxylic acids is 1. The SMILES string of the molecule is C[NH+](C)C.N#Cc1cccc(C(=O)[O-])c1. The Labute approximate surface area is 89.4 Å². The molecule has 0 spiro atoms. The van der Waals surface area contributed by atoms with Crippen LogP contribution in [0.25, 0.3) is 0 Å². The molecule has 0 aliphatic heterocycles. The molecule has 0 radical (unpaired) electrons. The van der Waals surface area contributed by atoms with Gasteiger partial charge in [-0.25, -0.2) is 0 Å². The predicted molar refractivity (Wildman–Crippen MR) is 54.2 cm³/mol. The maximum Gasteiger partial charge on any atom is 0.0991 e. The van der Waals surface area contributed by atoms with Crippen LogP contribution in [0.15, 0.2) is 24.3 Å². The van der Waals surface area contributed by atoms with Gasteiger partial charge in [0.15, 0.2) is 0 Å². The van der Waals surface area contributed by atoms with Crippen LogP contribution in [0.4, 0.5) is 0 Å². The number of carbonyl (C=O) groups excluding carboxylic acids is 1. The average Bonchev–Trinajstić information content (AvgIpc) is 2.17. The highest BCUT2D eigenvalue weighted by atomic mass is 16.4. The van der Waals surface area contributed by atoms with E-state index < -0.39 is 5.97 Å². The van der Waals surface area contributed by atoms with Gasteiger partial charge in [0.25, 0.3) is 0 Å². The van der Waals surface area contributed by atoms with Crippen molar-refractivity contribution in [2.24, 2.45) is 0 Å². The highest BCUT2D eigenvalue weighted by Gasteiger charge is 1.93. The first-order chi connectivity index (χ1) is 6.97. The maximum atomic E-state index is 10.2. The molecule has 0 aliphatic carbocycles. The van der Waals surface area contributed by atoms with E-state index >= 15 is 0 Å². The van der Waals surface area contributed by atoms with Gasteiger partial charge in [-0.3, -0.25) is 0 Å². The largest absolute Gasteiger partial charge is 0.545 e. The van der Waals surface area contributed by atoms with Gasteiger partial charge in [-0.2, -0.15) is 5.26 Å². The van der Waals surface area contributed by atoms with Crippen molar-refractivity contribution < 1.29 is 14.8 Å². The molecule has 0 amide bonds. The first-order valence-corrected chi connectivity index (χ1v) is 4.45. The van der Waals surface area contributed by atoms with Gasteiger partial charge < -0.3 is 14.8 Å². The number of hydrogen-bond acceptors (Lipinski definition) is 3. The minimum atomic E-state index is -1.26. The van der Waals surface area contributed by atoms with E-state index in [9.17, 15) is 9.90 Å². The molecule has 0 saturated heterocycles. The Hall–Kier alpha value is -1.86. The molecule has 0 aromatic heterocycles. The lowest BCUT2D eigenvalue weighted by molar-refractivity contribution is -0.836. The molecule has 1 N–H and O–H groups in total. The molecule has 4 heteroatoms. The summed E-state index contributed by atoms with van der Waals surface area (Å²) in [4.78, 5) is 11.7. The molecular formula is C11H14N2O2. The second kappa shape index (κ2) is 6.57. The molecule has 0 fully saturated rings. The minimum Gasteiger partial charge on any atom is -0.545 e. The fourth-order valence-electron chi connectivity index (χ4n) is 0.716. The molecular weight excluding hydrogens is 192 g/mol. The summed E-state index contributed by atoms with van der Waals surface area (Å²) >= 11 is 0. The van der Waals surface area contributed by atoms with Crippen molar-refractivity contribution in [3.8, 4) is 6.07 Å². The third-order valence-corrected chi connectivity index (χ3v) is 1.23. The molecule has 1 aromatic carbocycles. The van der Waals surface area contributed by atoms with Crippen LogP contribution in [0.3, 0.4) is 0 Å². The number of benzene rings is 1. The third kappa shape index (κ3) is 6.24. The van der Waals surface area contributed by atoms with Crippen LogP contribution in [0.5, 0.6) is 0 Å². The van der Waals surface area contributed by atoms with Gasteiger partial charge in [-0.15, -0.1) is 0 Å². The highest BCUT2D eigenvalue weighted by molar-refractivity contribution is 5.86. The third-order valence-electron chi connectivity index (χ3n) is 1.23. The zero-order chi connectivity index (χ0) is 11.8. The van der Waals surface area contributed by atoms with E-state index in [-0.39, 0.29) is 5.56 Å². The molecule has 80 valence electrons. The number of nitriles is 1. The second-order valence-electron chi connectivity index (χ2n) is 3.48. The van der Waals surface area contributed by atoms with E-state index in [1.807, 2.05) is 6.07 Å². The maximum absolute atomic E-state index is 10.2. The summed E-state index contributed by atoms with van der Waals surface area (Å²) in [7, 11) is 6.25. The molecule has 0 heterocycles. The van der Waals surface area contributed by atoms with E-state index in [0.29, 0.717) is 5.56 Å². The average molecular weight is 206 g/mol. The van der Waals surface area contributed by atoms with Crippen molar-refractivity contribution in [1.82, 2.24) is 0 Å². The molecule has 1 rings (SSSR count). The van der Waals surface area contributed by atoms with Crippen LogP contribution in [0.2, 0.25) is 0 Å². The highest BCUT2D eigenvalue weighted by Crippen LogP contribution is 2.01. The summed E-state index contributed by atoms with van der Waals surface area (Å²) < 4.78 is 0. The van der Waals surface area contributed by atoms with Gasteiger partial charge in [-0.1, -0.05) is 12.1 Å². The van der Waals surface area contributed by atoms with Crippen LogP contribution >= 0.6 is 0 Å². The lowest BCUT2D eigenvalue weighted by Gasteiger charge is -1.99. The fraction of sp³-hybridized carbons (Fsp3) is 0.273. The fourth-order valence-corrected chi connectivity index (χ4v) is 0.716. The van der Waals surface area contributed by atoms with Crippen LogP contribution in [-0.4, -0.2) is 27.1 Å². The van der Waals surface area contributed by atoms with Gasteiger partial charge in [-0.05, 0) is 17.7 Å². The predicted octanol–water partition coefficient (Wildman–Crippen LogP) is -1.32. The van der Waals surface area contributed by atoms with E-state index in [0.717, 1.165) is 0 Å². The summed E-state index contributed by atoms with van der Waals surface area (Å²) in [6.45, 7) is 0. The molecule has 15 heavy (non-hydrogen) atoms. The number of nitrogens with one attached hydrogen (secondary N) is 1. The van der Waals surface area contributed by atoms with E-state index in [1.54, 1.807) is 0 Å². The quantitative estimate of drug-likeness (QED) is 0.620. The van der Waals surface area contributed by atoms with Crippen LogP contribution in [0.1, 0.15) is 15.9 Å². The van der Waals surface area contributed by atoms with E-state index in [1.165, 1.54) is 29.2 Å². The Morgan fingerprint density at radius 1 is 1.40 bits per heavy atom. The Balaban J connectivity index is 0.000000423. The lowest BCUT2D eigenvalue weighted by atomic mass is 10.1.